The molecular weight excluding hydrogens is 372 g/mol. The number of hydrogen-bond acceptors (Lipinski definition) is 5. The zero-order valence-corrected chi connectivity index (χ0v) is 17.6. The molecule has 0 saturated heterocycles. The maximum absolute atomic E-state index is 11.0. The van der Waals surface area contributed by atoms with Gasteiger partial charge in [0.05, 0.1) is 5.82 Å². The van der Waals surface area contributed by atoms with Gasteiger partial charge in [-0.1, -0.05) is 61.2 Å². The van der Waals surface area contributed by atoms with E-state index in [4.69, 9.17) is 11.1 Å². The Bertz CT molecular complexity index is 795. The van der Waals surface area contributed by atoms with Crippen molar-refractivity contribution in [2.75, 3.05) is 6.54 Å². The molecule has 2 unspecified atom stereocenters. The summed E-state index contributed by atoms with van der Waals surface area (Å²) >= 11 is 0. The van der Waals surface area contributed by atoms with Crippen LogP contribution in [0.1, 0.15) is 31.2 Å². The number of unbranched alkanes of at least 4 members (excludes halogenated alkanes) is 1. The Labute approximate surface area is 180 Å². The Hall–Kier alpha value is -3.05. The van der Waals surface area contributed by atoms with Gasteiger partial charge in [-0.25, -0.2) is 0 Å². The smallest absolute Gasteiger partial charge is 0.149 e. The van der Waals surface area contributed by atoms with Gasteiger partial charge in [-0.2, -0.15) is 0 Å². The van der Waals surface area contributed by atoms with Gasteiger partial charge >= 0.3 is 0 Å². The van der Waals surface area contributed by atoms with E-state index in [0.29, 0.717) is 18.1 Å². The fourth-order valence-electron chi connectivity index (χ4n) is 3.23. The molecule has 160 valence electrons. The topological polar surface area (TPSA) is 85.4 Å². The van der Waals surface area contributed by atoms with E-state index in [1.54, 1.807) is 11.0 Å². The van der Waals surface area contributed by atoms with Crippen molar-refractivity contribution < 1.29 is 5.11 Å². The fraction of sp³-hybridized carbons (Fsp3) is 0.320. The Morgan fingerprint density at radius 1 is 1.37 bits per heavy atom. The van der Waals surface area contributed by atoms with E-state index in [9.17, 15) is 5.11 Å². The highest BCUT2D eigenvalue weighted by Gasteiger charge is 2.17. The average molecular weight is 407 g/mol. The minimum Gasteiger partial charge on any atom is -0.398 e. The second kappa shape index (κ2) is 12.5. The molecule has 0 radical (unpaired) electrons. The lowest BCUT2D eigenvalue weighted by Crippen LogP contribution is -2.38. The van der Waals surface area contributed by atoms with Crippen molar-refractivity contribution in [1.29, 1.82) is 5.41 Å². The number of nitrogens with two attached hydrogens (primary N) is 1. The third-order valence-corrected chi connectivity index (χ3v) is 5.04. The van der Waals surface area contributed by atoms with Gasteiger partial charge in [0.1, 0.15) is 6.23 Å². The SMILES string of the molecule is C=CCCCNC(=C)N(Cc1ccccc1)C(O)/C=C(\N)C1=CCCC(C=N)C=C1. The summed E-state index contributed by atoms with van der Waals surface area (Å²) in [6.07, 6.45) is 13.7. The van der Waals surface area contributed by atoms with Gasteiger partial charge in [0.25, 0.3) is 0 Å². The van der Waals surface area contributed by atoms with Crippen LogP contribution in [0.15, 0.2) is 91.0 Å². The van der Waals surface area contributed by atoms with Gasteiger partial charge < -0.3 is 26.5 Å². The second-order valence-corrected chi connectivity index (χ2v) is 7.38. The summed E-state index contributed by atoms with van der Waals surface area (Å²) in [5.74, 6) is 0.777. The first kappa shape index (κ1) is 23.2. The molecular formula is C25H34N4O. The van der Waals surface area contributed by atoms with Crippen molar-refractivity contribution >= 4 is 6.21 Å². The van der Waals surface area contributed by atoms with Crippen LogP contribution < -0.4 is 11.1 Å². The number of benzene rings is 1. The third kappa shape index (κ3) is 7.41. The lowest BCUT2D eigenvalue weighted by Gasteiger charge is -2.31. The first-order chi connectivity index (χ1) is 14.5. The van der Waals surface area contributed by atoms with Gasteiger partial charge in [-0.3, -0.25) is 0 Å². The van der Waals surface area contributed by atoms with Crippen LogP contribution >= 0.6 is 0 Å². The first-order valence-corrected chi connectivity index (χ1v) is 10.4. The third-order valence-electron chi connectivity index (χ3n) is 5.04. The molecule has 2 atom stereocenters. The average Bonchev–Trinajstić information content (AvgIpc) is 3.01. The molecule has 1 aliphatic rings. The molecule has 1 aromatic carbocycles. The molecule has 0 saturated carbocycles. The van der Waals surface area contributed by atoms with Gasteiger partial charge in [0, 0.05) is 30.9 Å². The molecule has 5 N–H and O–H groups in total. The number of aliphatic hydroxyl groups is 1. The highest BCUT2D eigenvalue weighted by atomic mass is 16.3. The molecule has 1 aromatic rings. The number of nitrogens with zero attached hydrogens (tertiary/aromatic N) is 1. The normalized spacial score (nSPS) is 17.4. The van der Waals surface area contributed by atoms with Crippen molar-refractivity contribution in [3.05, 3.63) is 96.5 Å². The molecule has 0 spiro atoms. The maximum Gasteiger partial charge on any atom is 0.149 e. The second-order valence-electron chi connectivity index (χ2n) is 7.38. The fourth-order valence-corrected chi connectivity index (χ4v) is 3.23. The Kier molecular flexibility index (Phi) is 9.68. The predicted molar refractivity (Wildman–Crippen MR) is 126 cm³/mol. The molecule has 0 heterocycles. The lowest BCUT2D eigenvalue weighted by molar-refractivity contribution is 0.0572. The number of allylic oxidation sites excluding steroid dienone is 4. The molecule has 0 amide bonds. The van der Waals surface area contributed by atoms with Crippen LogP contribution in [0, 0.1) is 11.3 Å². The highest BCUT2D eigenvalue weighted by Crippen LogP contribution is 2.20. The minimum absolute atomic E-state index is 0.130. The Balaban J connectivity index is 2.15. The van der Waals surface area contributed by atoms with E-state index >= 15 is 0 Å². The molecule has 1 aliphatic carbocycles. The summed E-state index contributed by atoms with van der Waals surface area (Å²) in [6, 6.07) is 9.96. The van der Waals surface area contributed by atoms with E-state index in [1.165, 1.54) is 6.21 Å². The summed E-state index contributed by atoms with van der Waals surface area (Å²) in [5.41, 5.74) is 8.78. The van der Waals surface area contributed by atoms with E-state index in [0.717, 1.165) is 43.4 Å². The van der Waals surface area contributed by atoms with Crippen LogP contribution in [0.25, 0.3) is 0 Å². The standard InChI is InChI=1S/C25H34N4O/c1-3-4-8-16-28-20(2)29(19-22-10-6-5-7-11-22)25(30)17-24(27)23-13-9-12-21(18-26)14-15-23/h3,5-7,10-11,13-15,17-18,21,25-26,28,30H,1-2,4,8-9,12,16,19,27H2/b24-17-,26-18?. The van der Waals surface area contributed by atoms with Crippen molar-refractivity contribution in [2.24, 2.45) is 11.7 Å². The predicted octanol–water partition coefficient (Wildman–Crippen LogP) is 4.22. The van der Waals surface area contributed by atoms with Crippen LogP contribution in [-0.2, 0) is 6.54 Å². The van der Waals surface area contributed by atoms with Gasteiger partial charge in [-0.05, 0) is 42.9 Å². The molecule has 0 bridgehead atoms. The maximum atomic E-state index is 11.0. The molecule has 0 fully saturated rings. The van der Waals surface area contributed by atoms with Crippen LogP contribution in [-0.4, -0.2) is 29.0 Å². The molecule has 0 aromatic heterocycles. The summed E-state index contributed by atoms with van der Waals surface area (Å²) < 4.78 is 0. The molecule has 30 heavy (non-hydrogen) atoms. The van der Waals surface area contributed by atoms with Gasteiger partial charge in [0.15, 0.2) is 0 Å². The zero-order chi connectivity index (χ0) is 21.8. The number of hydrogen-bond donors (Lipinski definition) is 4. The van der Waals surface area contributed by atoms with Crippen molar-refractivity contribution in [3.63, 3.8) is 0 Å². The molecule has 0 aliphatic heterocycles. The van der Waals surface area contributed by atoms with Gasteiger partial charge in [0.2, 0.25) is 0 Å². The Morgan fingerprint density at radius 3 is 2.83 bits per heavy atom. The highest BCUT2D eigenvalue weighted by molar-refractivity contribution is 5.60. The zero-order valence-electron chi connectivity index (χ0n) is 17.6. The summed E-state index contributed by atoms with van der Waals surface area (Å²) in [7, 11) is 0. The largest absolute Gasteiger partial charge is 0.398 e. The summed E-state index contributed by atoms with van der Waals surface area (Å²) in [4.78, 5) is 1.80. The molecule has 2 rings (SSSR count). The number of nitrogens with one attached hydrogen (secondary N) is 2. The van der Waals surface area contributed by atoms with E-state index in [-0.39, 0.29) is 5.92 Å². The van der Waals surface area contributed by atoms with E-state index in [2.05, 4.69) is 24.6 Å². The number of aliphatic hydroxyl groups excluding tert-OH is 1. The van der Waals surface area contributed by atoms with Crippen molar-refractivity contribution in [3.8, 4) is 0 Å². The van der Waals surface area contributed by atoms with Gasteiger partial charge in [-0.15, -0.1) is 6.58 Å². The lowest BCUT2D eigenvalue weighted by atomic mass is 10.1. The molecule has 5 heteroatoms. The monoisotopic (exact) mass is 406 g/mol. The first-order valence-electron chi connectivity index (χ1n) is 10.4. The quantitative estimate of drug-likeness (QED) is 0.181. The van der Waals surface area contributed by atoms with E-state index in [1.807, 2.05) is 48.6 Å². The van der Waals surface area contributed by atoms with E-state index < -0.39 is 6.23 Å². The summed E-state index contributed by atoms with van der Waals surface area (Å²) in [6.45, 7) is 9.13. The van der Waals surface area contributed by atoms with Crippen LogP contribution in [0.3, 0.4) is 0 Å². The Morgan fingerprint density at radius 2 is 2.13 bits per heavy atom. The van der Waals surface area contributed by atoms with Crippen molar-refractivity contribution in [1.82, 2.24) is 10.2 Å². The summed E-state index contributed by atoms with van der Waals surface area (Å²) in [5, 5.41) is 21.7. The van der Waals surface area contributed by atoms with Crippen LogP contribution in [0.4, 0.5) is 0 Å². The van der Waals surface area contributed by atoms with Crippen LogP contribution in [0.5, 0.6) is 0 Å². The van der Waals surface area contributed by atoms with Crippen molar-refractivity contribution in [2.45, 2.75) is 38.5 Å². The molecule has 5 nitrogen and oxygen atoms in total. The van der Waals surface area contributed by atoms with Crippen LogP contribution in [0.2, 0.25) is 0 Å². The number of rotatable bonds is 12. The minimum atomic E-state index is -0.930.